The highest BCUT2D eigenvalue weighted by molar-refractivity contribution is 5.84. The number of nitro benzene ring substituents is 1. The Morgan fingerprint density at radius 3 is 2.69 bits per heavy atom. The van der Waals surface area contributed by atoms with Crippen molar-refractivity contribution in [2.75, 3.05) is 0 Å². The molecule has 0 radical (unpaired) electrons. The summed E-state index contributed by atoms with van der Waals surface area (Å²) in [6.45, 7) is 1.86. The number of aromatic hydroxyl groups is 1. The number of phenols is 1. The molecule has 1 N–H and O–H groups in total. The number of nitro groups is 1. The second-order valence-electron chi connectivity index (χ2n) is 6.96. The van der Waals surface area contributed by atoms with E-state index in [4.69, 9.17) is 4.74 Å². The second-order valence-corrected chi connectivity index (χ2v) is 6.96. The smallest absolute Gasteiger partial charge is 0.282 e. The number of nitrogens with zero attached hydrogens (tertiary/aromatic N) is 4. The summed E-state index contributed by atoms with van der Waals surface area (Å²) >= 11 is 0. The van der Waals surface area contributed by atoms with Crippen molar-refractivity contribution in [1.82, 2.24) is 9.66 Å². The van der Waals surface area contributed by atoms with Crippen LogP contribution in [0.5, 0.6) is 11.5 Å². The monoisotopic (exact) mass is 430 g/mol. The zero-order valence-corrected chi connectivity index (χ0v) is 17.0. The minimum absolute atomic E-state index is 0.0385. The maximum Gasteiger partial charge on any atom is 0.282 e. The van der Waals surface area contributed by atoms with E-state index in [0.29, 0.717) is 16.7 Å². The van der Waals surface area contributed by atoms with E-state index < -0.39 is 10.5 Å². The molecule has 0 amide bonds. The van der Waals surface area contributed by atoms with E-state index in [1.165, 1.54) is 24.4 Å². The lowest BCUT2D eigenvalue weighted by molar-refractivity contribution is -0.384. The van der Waals surface area contributed by atoms with Crippen molar-refractivity contribution in [1.29, 1.82) is 0 Å². The number of aromatic nitrogens is 2. The lowest BCUT2D eigenvalue weighted by Gasteiger charge is -2.12. The zero-order valence-electron chi connectivity index (χ0n) is 17.0. The Morgan fingerprint density at radius 1 is 1.16 bits per heavy atom. The Morgan fingerprint density at radius 2 is 1.91 bits per heavy atom. The number of hydrogen-bond donors (Lipinski definition) is 1. The molecule has 3 aromatic carbocycles. The molecule has 1 aromatic heterocycles. The Balaban J connectivity index is 1.78. The molecule has 0 saturated carbocycles. The highest BCUT2D eigenvalue weighted by Gasteiger charge is 2.13. The average molecular weight is 430 g/mol. The SMILES string of the molecule is Cc1ccccc1OCc1nc2ccccc2c(=O)n1N=Cc1cc([N+](=O)[O-])ccc1O. The number of non-ortho nitro benzene ring substituents is 1. The number of benzene rings is 3. The lowest BCUT2D eigenvalue weighted by Crippen LogP contribution is -2.23. The van der Waals surface area contributed by atoms with E-state index in [2.05, 4.69) is 10.1 Å². The van der Waals surface area contributed by atoms with Crippen LogP contribution in [0.4, 0.5) is 5.69 Å². The van der Waals surface area contributed by atoms with Crippen molar-refractivity contribution in [3.05, 3.63) is 104 Å². The summed E-state index contributed by atoms with van der Waals surface area (Å²) < 4.78 is 6.93. The molecule has 0 unspecified atom stereocenters. The van der Waals surface area contributed by atoms with E-state index in [-0.39, 0.29) is 29.4 Å². The van der Waals surface area contributed by atoms with Gasteiger partial charge in [-0.05, 0) is 36.8 Å². The molecule has 9 nitrogen and oxygen atoms in total. The Labute approximate surface area is 182 Å². The van der Waals surface area contributed by atoms with Gasteiger partial charge in [-0.1, -0.05) is 30.3 Å². The predicted octanol–water partition coefficient (Wildman–Crippen LogP) is 3.78. The number of hydrogen-bond acceptors (Lipinski definition) is 7. The van der Waals surface area contributed by atoms with Gasteiger partial charge in [0.1, 0.15) is 18.1 Å². The molecule has 32 heavy (non-hydrogen) atoms. The molecule has 9 heteroatoms. The van der Waals surface area contributed by atoms with Gasteiger partial charge in [0, 0.05) is 17.7 Å². The molecule has 0 aliphatic heterocycles. The minimum atomic E-state index is -0.581. The third kappa shape index (κ3) is 4.17. The molecular formula is C23H18N4O5. The summed E-state index contributed by atoms with van der Waals surface area (Å²) in [6.07, 6.45) is 1.18. The number of phenolic OH excluding ortho intramolecular Hbond substituents is 1. The molecule has 0 fully saturated rings. The van der Waals surface area contributed by atoms with Gasteiger partial charge in [-0.2, -0.15) is 9.78 Å². The van der Waals surface area contributed by atoms with Gasteiger partial charge >= 0.3 is 0 Å². The molecule has 4 rings (SSSR count). The summed E-state index contributed by atoms with van der Waals surface area (Å²) in [5.41, 5.74) is 0.860. The van der Waals surface area contributed by atoms with Gasteiger partial charge in [0.25, 0.3) is 11.2 Å². The summed E-state index contributed by atoms with van der Waals surface area (Å²) in [6, 6.07) is 17.8. The Hall–Kier alpha value is -4.53. The number of rotatable bonds is 6. The van der Waals surface area contributed by atoms with Crippen LogP contribution in [-0.4, -0.2) is 25.9 Å². The second kappa shape index (κ2) is 8.68. The molecule has 4 aromatic rings. The quantitative estimate of drug-likeness (QED) is 0.282. The van der Waals surface area contributed by atoms with Crippen molar-refractivity contribution in [2.24, 2.45) is 5.10 Å². The van der Waals surface area contributed by atoms with Crippen LogP contribution in [0.2, 0.25) is 0 Å². The van der Waals surface area contributed by atoms with Crippen LogP contribution in [-0.2, 0) is 6.61 Å². The summed E-state index contributed by atoms with van der Waals surface area (Å²) in [5, 5.41) is 25.6. The van der Waals surface area contributed by atoms with Gasteiger partial charge in [-0.3, -0.25) is 14.9 Å². The fourth-order valence-corrected chi connectivity index (χ4v) is 3.12. The van der Waals surface area contributed by atoms with Crippen molar-refractivity contribution in [3.8, 4) is 11.5 Å². The highest BCUT2D eigenvalue weighted by Crippen LogP contribution is 2.22. The van der Waals surface area contributed by atoms with Crippen molar-refractivity contribution in [2.45, 2.75) is 13.5 Å². The van der Waals surface area contributed by atoms with Gasteiger partial charge in [0.05, 0.1) is 22.0 Å². The Bertz CT molecular complexity index is 1410. The van der Waals surface area contributed by atoms with Gasteiger partial charge in [0.15, 0.2) is 5.82 Å². The predicted molar refractivity (Wildman–Crippen MR) is 119 cm³/mol. The van der Waals surface area contributed by atoms with Crippen LogP contribution in [0.3, 0.4) is 0 Å². The van der Waals surface area contributed by atoms with Crippen molar-refractivity contribution >= 4 is 22.8 Å². The molecule has 0 bridgehead atoms. The first-order valence-electron chi connectivity index (χ1n) is 9.65. The molecular weight excluding hydrogens is 412 g/mol. The summed E-state index contributed by atoms with van der Waals surface area (Å²) in [5.74, 6) is 0.666. The zero-order chi connectivity index (χ0) is 22.7. The third-order valence-corrected chi connectivity index (χ3v) is 4.81. The first-order valence-corrected chi connectivity index (χ1v) is 9.65. The first-order chi connectivity index (χ1) is 15.4. The van der Waals surface area contributed by atoms with E-state index in [9.17, 15) is 20.0 Å². The van der Waals surface area contributed by atoms with Crippen LogP contribution in [0.15, 0.2) is 76.6 Å². The largest absolute Gasteiger partial charge is 0.507 e. The van der Waals surface area contributed by atoms with E-state index in [1.807, 2.05) is 31.2 Å². The van der Waals surface area contributed by atoms with Crippen LogP contribution in [0.1, 0.15) is 17.0 Å². The molecule has 0 atom stereocenters. The maximum absolute atomic E-state index is 13.1. The number of fused-ring (bicyclic) bond motifs is 1. The van der Waals surface area contributed by atoms with Crippen LogP contribution >= 0.6 is 0 Å². The molecule has 0 aliphatic rings. The number of ether oxygens (including phenoxy) is 1. The number of para-hydroxylation sites is 2. The lowest BCUT2D eigenvalue weighted by atomic mass is 10.2. The van der Waals surface area contributed by atoms with E-state index >= 15 is 0 Å². The van der Waals surface area contributed by atoms with Gasteiger partial charge < -0.3 is 9.84 Å². The van der Waals surface area contributed by atoms with Crippen molar-refractivity contribution < 1.29 is 14.8 Å². The van der Waals surface area contributed by atoms with Crippen LogP contribution in [0.25, 0.3) is 10.9 Å². The van der Waals surface area contributed by atoms with E-state index in [1.54, 1.807) is 24.3 Å². The fraction of sp³-hybridized carbons (Fsp3) is 0.0870. The fourth-order valence-electron chi connectivity index (χ4n) is 3.12. The molecule has 0 spiro atoms. The van der Waals surface area contributed by atoms with E-state index in [0.717, 1.165) is 10.2 Å². The minimum Gasteiger partial charge on any atom is -0.507 e. The number of aryl methyl sites for hydroxylation is 1. The van der Waals surface area contributed by atoms with Gasteiger partial charge in [-0.25, -0.2) is 4.98 Å². The van der Waals surface area contributed by atoms with Gasteiger partial charge in [0.2, 0.25) is 0 Å². The molecule has 0 saturated heterocycles. The molecule has 160 valence electrons. The summed E-state index contributed by atoms with van der Waals surface area (Å²) in [7, 11) is 0. The standard InChI is InChI=1S/C23H18N4O5/c1-15-6-2-5-9-21(15)32-14-22-25-19-8-4-3-7-18(19)23(29)26(22)24-13-16-12-17(27(30)31)10-11-20(16)28/h2-13,28H,14H2,1H3. The normalized spacial score (nSPS) is 11.2. The van der Waals surface area contributed by atoms with Crippen LogP contribution in [0, 0.1) is 17.0 Å². The Kier molecular flexibility index (Phi) is 5.63. The first kappa shape index (κ1) is 20.7. The molecule has 1 heterocycles. The van der Waals surface area contributed by atoms with Crippen LogP contribution < -0.4 is 10.3 Å². The highest BCUT2D eigenvalue weighted by atomic mass is 16.6. The van der Waals surface area contributed by atoms with Crippen molar-refractivity contribution in [3.63, 3.8) is 0 Å². The van der Waals surface area contributed by atoms with Gasteiger partial charge in [-0.15, -0.1) is 0 Å². The molecule has 0 aliphatic carbocycles. The third-order valence-electron chi connectivity index (χ3n) is 4.81. The maximum atomic E-state index is 13.1. The topological polar surface area (TPSA) is 120 Å². The average Bonchev–Trinajstić information content (AvgIpc) is 2.79. The summed E-state index contributed by atoms with van der Waals surface area (Å²) in [4.78, 5) is 28.1.